The van der Waals surface area contributed by atoms with E-state index in [1.165, 1.54) is 34.0 Å². The molecule has 0 bridgehead atoms. The van der Waals surface area contributed by atoms with Gasteiger partial charge in [0.25, 0.3) is 5.56 Å². The van der Waals surface area contributed by atoms with Crippen molar-refractivity contribution in [1.82, 2.24) is 9.78 Å². The molecule has 9 nitrogen and oxygen atoms in total. The number of hydrogen-bond donors (Lipinski definition) is 3. The monoisotopic (exact) mass is 486 g/mol. The highest BCUT2D eigenvalue weighted by atomic mass is 16.4. The molecule has 9 heteroatoms. The van der Waals surface area contributed by atoms with Gasteiger partial charge in [-0.3, -0.25) is 9.89 Å². The van der Waals surface area contributed by atoms with Gasteiger partial charge in [0.15, 0.2) is 11.4 Å². The number of carbonyl (C=O) groups is 1. The van der Waals surface area contributed by atoms with Crippen LogP contribution in [0.25, 0.3) is 17.0 Å². The summed E-state index contributed by atoms with van der Waals surface area (Å²) in [6.45, 7) is 6.19. The predicted molar refractivity (Wildman–Crippen MR) is 134 cm³/mol. The van der Waals surface area contributed by atoms with E-state index in [0.29, 0.717) is 5.69 Å². The summed E-state index contributed by atoms with van der Waals surface area (Å²) < 4.78 is 6.74. The standard InChI is InChI=1S/C27H26N4O5/c1-15-23(25(33)31(30-15)17-10-9-16-6-5-13-27(2,3)19(16)14-17)29-28-20-8-4-7-18(24(20)32)21-11-12-22(36-21)26(34)35/h4,7-12,14,30,32H,5-6,13H2,1-3H3,(H,34,35). The molecule has 2 heterocycles. The molecule has 36 heavy (non-hydrogen) atoms. The number of nitrogens with one attached hydrogen (secondary N) is 1. The average Bonchev–Trinajstić information content (AvgIpc) is 3.44. The van der Waals surface area contributed by atoms with Gasteiger partial charge in [0.05, 0.1) is 16.9 Å². The Morgan fingerprint density at radius 2 is 1.94 bits per heavy atom. The number of carboxylic acid groups (broad SMARTS) is 1. The molecule has 0 unspecified atom stereocenters. The normalized spacial score (nSPS) is 14.8. The van der Waals surface area contributed by atoms with E-state index in [1.807, 2.05) is 6.07 Å². The molecule has 0 radical (unpaired) electrons. The zero-order chi connectivity index (χ0) is 25.6. The van der Waals surface area contributed by atoms with Crippen molar-refractivity contribution in [3.63, 3.8) is 0 Å². The summed E-state index contributed by atoms with van der Waals surface area (Å²) in [4.78, 5) is 24.3. The van der Waals surface area contributed by atoms with E-state index in [2.05, 4.69) is 41.3 Å². The maximum absolute atomic E-state index is 13.2. The van der Waals surface area contributed by atoms with Crippen molar-refractivity contribution in [2.24, 2.45) is 10.2 Å². The van der Waals surface area contributed by atoms with Gasteiger partial charge in [-0.2, -0.15) is 0 Å². The second-order valence-electron chi connectivity index (χ2n) is 9.65. The molecule has 2 aromatic heterocycles. The zero-order valence-electron chi connectivity index (χ0n) is 20.2. The predicted octanol–water partition coefficient (Wildman–Crippen LogP) is 6.17. The van der Waals surface area contributed by atoms with E-state index >= 15 is 0 Å². The van der Waals surface area contributed by atoms with Gasteiger partial charge in [-0.15, -0.1) is 10.2 Å². The second-order valence-corrected chi connectivity index (χ2v) is 9.65. The summed E-state index contributed by atoms with van der Waals surface area (Å²) in [5, 5.41) is 31.1. The molecule has 0 amide bonds. The molecule has 3 N–H and O–H groups in total. The Balaban J connectivity index is 1.49. The van der Waals surface area contributed by atoms with Gasteiger partial charge in [0.1, 0.15) is 11.4 Å². The van der Waals surface area contributed by atoms with Crippen LogP contribution in [0, 0.1) is 6.92 Å². The van der Waals surface area contributed by atoms with E-state index < -0.39 is 5.97 Å². The fourth-order valence-electron chi connectivity index (χ4n) is 4.76. The minimum atomic E-state index is -1.21. The molecule has 1 aliphatic carbocycles. The van der Waals surface area contributed by atoms with Crippen molar-refractivity contribution in [1.29, 1.82) is 0 Å². The van der Waals surface area contributed by atoms with Crippen LogP contribution in [0.1, 0.15) is 54.1 Å². The molecule has 1 aliphatic rings. The van der Waals surface area contributed by atoms with Crippen molar-refractivity contribution >= 4 is 17.3 Å². The molecule has 0 saturated heterocycles. The first-order valence-corrected chi connectivity index (χ1v) is 11.7. The molecular formula is C27H26N4O5. The number of nitrogens with zero attached hydrogens (tertiary/aromatic N) is 3. The topological polar surface area (TPSA) is 133 Å². The maximum atomic E-state index is 13.2. The van der Waals surface area contributed by atoms with Gasteiger partial charge < -0.3 is 14.6 Å². The van der Waals surface area contributed by atoms with Crippen LogP contribution in [0.3, 0.4) is 0 Å². The van der Waals surface area contributed by atoms with Crippen LogP contribution in [0.15, 0.2) is 68.0 Å². The number of rotatable bonds is 5. The fourth-order valence-corrected chi connectivity index (χ4v) is 4.76. The molecule has 184 valence electrons. The van der Waals surface area contributed by atoms with Crippen LogP contribution in [-0.4, -0.2) is 26.0 Å². The van der Waals surface area contributed by atoms with Crippen molar-refractivity contribution in [2.75, 3.05) is 0 Å². The highest BCUT2D eigenvalue weighted by Crippen LogP contribution is 2.39. The Bertz CT molecular complexity index is 1570. The third-order valence-electron chi connectivity index (χ3n) is 6.72. The van der Waals surface area contributed by atoms with E-state index in [9.17, 15) is 14.7 Å². The number of azo groups is 1. The third kappa shape index (κ3) is 4.02. The summed E-state index contributed by atoms with van der Waals surface area (Å²) in [6, 6.07) is 13.6. The molecule has 0 fully saturated rings. The number of furan rings is 1. The Hall–Kier alpha value is -4.40. The number of benzene rings is 2. The molecule has 2 aromatic carbocycles. The quantitative estimate of drug-likeness (QED) is 0.290. The maximum Gasteiger partial charge on any atom is 0.371 e. The van der Waals surface area contributed by atoms with Crippen molar-refractivity contribution < 1.29 is 19.4 Å². The van der Waals surface area contributed by atoms with Crippen LogP contribution < -0.4 is 5.56 Å². The largest absolute Gasteiger partial charge is 0.505 e. The van der Waals surface area contributed by atoms with Crippen molar-refractivity contribution in [2.45, 2.75) is 45.4 Å². The Labute approximate surface area is 206 Å². The number of phenolic OH excluding ortho intramolecular Hbond substituents is 1. The number of aromatic amines is 1. The van der Waals surface area contributed by atoms with Crippen LogP contribution in [-0.2, 0) is 11.8 Å². The lowest BCUT2D eigenvalue weighted by Gasteiger charge is -2.32. The number of aromatic hydroxyl groups is 1. The fraction of sp³-hybridized carbons (Fsp3) is 0.259. The van der Waals surface area contributed by atoms with Crippen molar-refractivity contribution in [3.05, 3.63) is 81.5 Å². The number of hydrogen-bond acceptors (Lipinski definition) is 6. The lowest BCUT2D eigenvalue weighted by Crippen LogP contribution is -2.24. The zero-order valence-corrected chi connectivity index (χ0v) is 20.2. The molecule has 0 atom stereocenters. The van der Waals surface area contributed by atoms with Gasteiger partial charge in [-0.05, 0) is 79.1 Å². The number of fused-ring (bicyclic) bond motifs is 1. The van der Waals surface area contributed by atoms with E-state index in [4.69, 9.17) is 9.52 Å². The van der Waals surface area contributed by atoms with E-state index in [-0.39, 0.29) is 45.2 Å². The summed E-state index contributed by atoms with van der Waals surface area (Å²) in [6.07, 6.45) is 3.29. The second kappa shape index (κ2) is 8.67. The summed E-state index contributed by atoms with van der Waals surface area (Å²) in [7, 11) is 0. The number of H-pyrrole nitrogens is 1. The first-order chi connectivity index (χ1) is 17.2. The first kappa shape index (κ1) is 23.3. The van der Waals surface area contributed by atoms with Gasteiger partial charge in [-0.25, -0.2) is 9.48 Å². The van der Waals surface area contributed by atoms with Crippen LogP contribution in [0.5, 0.6) is 5.75 Å². The summed E-state index contributed by atoms with van der Waals surface area (Å²) in [5.41, 5.74) is 4.03. The number of aryl methyl sites for hydroxylation is 2. The Kier molecular flexibility index (Phi) is 5.62. The smallest absolute Gasteiger partial charge is 0.371 e. The third-order valence-corrected chi connectivity index (χ3v) is 6.72. The highest BCUT2D eigenvalue weighted by molar-refractivity contribution is 5.85. The lowest BCUT2D eigenvalue weighted by molar-refractivity contribution is 0.0663. The van der Waals surface area contributed by atoms with Crippen molar-refractivity contribution in [3.8, 4) is 22.8 Å². The lowest BCUT2D eigenvalue weighted by atomic mass is 9.73. The molecule has 0 spiro atoms. The van der Waals surface area contributed by atoms with E-state index in [1.54, 1.807) is 19.1 Å². The molecule has 4 aromatic rings. The Morgan fingerprint density at radius 3 is 2.69 bits per heavy atom. The van der Waals surface area contributed by atoms with Gasteiger partial charge in [0.2, 0.25) is 5.76 Å². The molecule has 0 saturated carbocycles. The molecule has 0 aliphatic heterocycles. The van der Waals surface area contributed by atoms with Crippen LogP contribution in [0.4, 0.5) is 11.4 Å². The average molecular weight is 487 g/mol. The number of aromatic carboxylic acids is 1. The number of carboxylic acids is 1. The van der Waals surface area contributed by atoms with Crippen LogP contribution in [0.2, 0.25) is 0 Å². The van der Waals surface area contributed by atoms with Crippen LogP contribution >= 0.6 is 0 Å². The highest BCUT2D eigenvalue weighted by Gasteiger charge is 2.28. The first-order valence-electron chi connectivity index (χ1n) is 11.7. The SMILES string of the molecule is Cc1[nH]n(-c2ccc3c(c2)C(C)(C)CCC3)c(=O)c1N=Nc1cccc(-c2ccc(C(=O)O)o2)c1O. The minimum Gasteiger partial charge on any atom is -0.505 e. The van der Waals surface area contributed by atoms with Gasteiger partial charge in [-0.1, -0.05) is 26.0 Å². The molecular weight excluding hydrogens is 460 g/mol. The minimum absolute atomic E-state index is 0.0408. The Morgan fingerprint density at radius 1 is 1.14 bits per heavy atom. The summed E-state index contributed by atoms with van der Waals surface area (Å²) >= 11 is 0. The van der Waals surface area contributed by atoms with Gasteiger partial charge >= 0.3 is 5.97 Å². The number of phenols is 1. The van der Waals surface area contributed by atoms with E-state index in [0.717, 1.165) is 24.9 Å². The number of aromatic nitrogens is 2. The van der Waals surface area contributed by atoms with Gasteiger partial charge in [0, 0.05) is 0 Å². The number of para-hydroxylation sites is 1. The summed E-state index contributed by atoms with van der Waals surface area (Å²) in [5.74, 6) is -1.51. The molecule has 5 rings (SSSR count).